The van der Waals surface area contributed by atoms with Crippen LogP contribution in [0.2, 0.25) is 5.02 Å². The standard InChI is InChI=1S/C22H35ClN4O3/c1-5-15-9-7-8-10-18(15)30-13-19(28)27-11-14(3)17(12-27)24-22(29)21-20(23)16(6-2)25-26(21)4/h14-15,17-18H,5-13H2,1-4H3,(H,24,29)/t14-,15?,17+,18?/m1/s1. The lowest BCUT2D eigenvalue weighted by atomic mass is 9.85. The van der Waals surface area contributed by atoms with E-state index < -0.39 is 0 Å². The Morgan fingerprint density at radius 1 is 1.23 bits per heavy atom. The number of ether oxygens (including phenoxy) is 1. The number of rotatable bonds is 7. The predicted molar refractivity (Wildman–Crippen MR) is 117 cm³/mol. The number of carbonyl (C=O) groups is 2. The highest BCUT2D eigenvalue weighted by Gasteiger charge is 2.35. The monoisotopic (exact) mass is 438 g/mol. The molecule has 4 atom stereocenters. The maximum absolute atomic E-state index is 12.8. The molecule has 0 radical (unpaired) electrons. The number of nitrogens with zero attached hydrogens (tertiary/aromatic N) is 3. The number of halogens is 1. The Hall–Kier alpha value is -1.60. The third kappa shape index (κ3) is 4.99. The van der Waals surface area contributed by atoms with Crippen LogP contribution in [-0.2, 0) is 23.0 Å². The molecule has 1 aromatic heterocycles. The number of hydrogen-bond acceptors (Lipinski definition) is 4. The van der Waals surface area contributed by atoms with Crippen LogP contribution in [0.4, 0.5) is 0 Å². The summed E-state index contributed by atoms with van der Waals surface area (Å²) in [5.74, 6) is 0.484. The van der Waals surface area contributed by atoms with E-state index in [1.807, 2.05) is 11.8 Å². The molecular formula is C22H35ClN4O3. The Morgan fingerprint density at radius 3 is 2.63 bits per heavy atom. The number of nitrogens with one attached hydrogen (secondary N) is 1. The molecule has 0 spiro atoms. The second kappa shape index (κ2) is 10.1. The van der Waals surface area contributed by atoms with Crippen molar-refractivity contribution in [2.45, 2.75) is 71.4 Å². The van der Waals surface area contributed by atoms with Gasteiger partial charge in [-0.25, -0.2) is 0 Å². The van der Waals surface area contributed by atoms with E-state index in [0.29, 0.717) is 41.8 Å². The van der Waals surface area contributed by atoms with Crippen molar-refractivity contribution < 1.29 is 14.3 Å². The van der Waals surface area contributed by atoms with Crippen molar-refractivity contribution in [3.8, 4) is 0 Å². The number of carbonyl (C=O) groups excluding carboxylic acids is 2. The van der Waals surface area contributed by atoms with Gasteiger partial charge in [0, 0.05) is 20.1 Å². The van der Waals surface area contributed by atoms with Crippen LogP contribution in [0.3, 0.4) is 0 Å². The highest BCUT2D eigenvalue weighted by atomic mass is 35.5. The van der Waals surface area contributed by atoms with Gasteiger partial charge in [0.25, 0.3) is 5.91 Å². The van der Waals surface area contributed by atoms with Crippen LogP contribution in [-0.4, -0.2) is 58.3 Å². The molecule has 168 valence electrons. The Kier molecular flexibility index (Phi) is 7.80. The fourth-order valence-corrected chi connectivity index (χ4v) is 5.13. The van der Waals surface area contributed by atoms with Crippen molar-refractivity contribution in [3.63, 3.8) is 0 Å². The smallest absolute Gasteiger partial charge is 0.271 e. The molecule has 7 nitrogen and oxygen atoms in total. The van der Waals surface area contributed by atoms with Crippen molar-refractivity contribution >= 4 is 23.4 Å². The summed E-state index contributed by atoms with van der Waals surface area (Å²) < 4.78 is 7.55. The van der Waals surface area contributed by atoms with Crippen molar-refractivity contribution in [2.24, 2.45) is 18.9 Å². The summed E-state index contributed by atoms with van der Waals surface area (Å²) in [4.78, 5) is 27.4. The Bertz CT molecular complexity index is 766. The minimum atomic E-state index is -0.245. The van der Waals surface area contributed by atoms with Crippen LogP contribution in [0.5, 0.6) is 0 Å². The zero-order valence-electron chi connectivity index (χ0n) is 18.6. The lowest BCUT2D eigenvalue weighted by Crippen LogP contribution is -2.42. The second-order valence-electron chi connectivity index (χ2n) is 8.74. The van der Waals surface area contributed by atoms with Gasteiger partial charge in [-0.2, -0.15) is 5.10 Å². The molecule has 1 aromatic rings. The van der Waals surface area contributed by atoms with Gasteiger partial charge in [0.15, 0.2) is 0 Å². The van der Waals surface area contributed by atoms with Crippen molar-refractivity contribution in [1.82, 2.24) is 20.0 Å². The molecule has 2 aliphatic rings. The molecule has 2 heterocycles. The Balaban J connectivity index is 1.54. The van der Waals surface area contributed by atoms with Gasteiger partial charge in [-0.1, -0.05) is 51.6 Å². The SMILES string of the molecule is CCc1nn(C)c(C(=O)N[C@H]2CN(C(=O)COC3CCCCC3CC)C[C@H]2C)c1Cl. The molecule has 8 heteroatoms. The largest absolute Gasteiger partial charge is 0.368 e. The van der Waals surface area contributed by atoms with Crippen LogP contribution in [0, 0.1) is 11.8 Å². The highest BCUT2D eigenvalue weighted by Crippen LogP contribution is 2.29. The van der Waals surface area contributed by atoms with Crippen LogP contribution >= 0.6 is 11.6 Å². The molecule has 0 bridgehead atoms. The topological polar surface area (TPSA) is 76.5 Å². The summed E-state index contributed by atoms with van der Waals surface area (Å²) in [6, 6.07) is -0.115. The van der Waals surface area contributed by atoms with Crippen molar-refractivity contribution in [1.29, 1.82) is 0 Å². The summed E-state index contributed by atoms with van der Waals surface area (Å²) in [6.45, 7) is 7.44. The van der Waals surface area contributed by atoms with Crippen LogP contribution < -0.4 is 5.32 Å². The molecule has 1 N–H and O–H groups in total. The average molecular weight is 439 g/mol. The minimum absolute atomic E-state index is 0.00543. The molecule has 2 fully saturated rings. The zero-order chi connectivity index (χ0) is 21.8. The van der Waals surface area contributed by atoms with Crippen LogP contribution in [0.25, 0.3) is 0 Å². The number of aryl methyl sites for hydroxylation is 2. The van der Waals surface area contributed by atoms with E-state index in [9.17, 15) is 9.59 Å². The van der Waals surface area contributed by atoms with Gasteiger partial charge in [-0.3, -0.25) is 14.3 Å². The quantitative estimate of drug-likeness (QED) is 0.709. The molecule has 3 rings (SSSR count). The molecule has 1 saturated carbocycles. The number of aromatic nitrogens is 2. The van der Waals surface area contributed by atoms with Gasteiger partial charge in [-0.15, -0.1) is 0 Å². The average Bonchev–Trinajstić information content (AvgIpc) is 3.24. The summed E-state index contributed by atoms with van der Waals surface area (Å²) in [5, 5.41) is 7.77. The van der Waals surface area contributed by atoms with Crippen LogP contribution in [0.15, 0.2) is 0 Å². The van der Waals surface area contributed by atoms with Gasteiger partial charge >= 0.3 is 0 Å². The molecule has 1 aliphatic carbocycles. The minimum Gasteiger partial charge on any atom is -0.368 e. The molecule has 1 aliphatic heterocycles. The Labute approximate surface area is 184 Å². The third-order valence-electron chi connectivity index (χ3n) is 6.67. The molecule has 0 aromatic carbocycles. The summed E-state index contributed by atoms with van der Waals surface area (Å²) in [6.07, 6.45) is 6.65. The van der Waals surface area contributed by atoms with Crippen molar-refractivity contribution in [2.75, 3.05) is 19.7 Å². The van der Waals surface area contributed by atoms with Crippen molar-refractivity contribution in [3.05, 3.63) is 16.4 Å². The molecule has 2 amide bonds. The van der Waals surface area contributed by atoms with E-state index in [2.05, 4.69) is 24.3 Å². The third-order valence-corrected chi connectivity index (χ3v) is 7.07. The first-order valence-corrected chi connectivity index (χ1v) is 11.6. The highest BCUT2D eigenvalue weighted by molar-refractivity contribution is 6.34. The first kappa shape index (κ1) is 23.1. The first-order valence-electron chi connectivity index (χ1n) is 11.3. The number of likely N-dealkylation sites (tertiary alicyclic amines) is 1. The van der Waals surface area contributed by atoms with E-state index in [1.165, 1.54) is 23.9 Å². The molecule has 2 unspecified atom stereocenters. The Morgan fingerprint density at radius 2 is 1.97 bits per heavy atom. The zero-order valence-corrected chi connectivity index (χ0v) is 19.4. The van der Waals surface area contributed by atoms with Gasteiger partial charge in [0.1, 0.15) is 12.3 Å². The van der Waals surface area contributed by atoms with E-state index in [1.54, 1.807) is 7.05 Å². The number of amides is 2. The van der Waals surface area contributed by atoms with Gasteiger partial charge in [0.2, 0.25) is 5.91 Å². The van der Waals surface area contributed by atoms with E-state index in [4.69, 9.17) is 16.3 Å². The number of hydrogen-bond donors (Lipinski definition) is 1. The lowest BCUT2D eigenvalue weighted by molar-refractivity contribution is -0.139. The summed E-state index contributed by atoms with van der Waals surface area (Å²) in [7, 11) is 1.72. The second-order valence-corrected chi connectivity index (χ2v) is 9.12. The summed E-state index contributed by atoms with van der Waals surface area (Å²) >= 11 is 6.34. The van der Waals surface area contributed by atoms with Gasteiger partial charge in [-0.05, 0) is 31.1 Å². The maximum atomic E-state index is 12.8. The fourth-order valence-electron chi connectivity index (χ4n) is 4.75. The van der Waals surface area contributed by atoms with Crippen LogP contribution in [0.1, 0.15) is 69.1 Å². The normalized spacial score (nSPS) is 26.8. The summed E-state index contributed by atoms with van der Waals surface area (Å²) in [5.41, 5.74) is 1.09. The first-order chi connectivity index (χ1) is 14.3. The fraction of sp³-hybridized carbons (Fsp3) is 0.773. The maximum Gasteiger partial charge on any atom is 0.271 e. The molecule has 1 saturated heterocycles. The van der Waals surface area contributed by atoms with Gasteiger partial charge in [0.05, 0.1) is 22.9 Å². The predicted octanol–water partition coefficient (Wildman–Crippen LogP) is 3.20. The lowest BCUT2D eigenvalue weighted by Gasteiger charge is -2.31. The molecular weight excluding hydrogens is 404 g/mol. The van der Waals surface area contributed by atoms with E-state index in [0.717, 1.165) is 12.8 Å². The van der Waals surface area contributed by atoms with Gasteiger partial charge < -0.3 is 15.0 Å². The van der Waals surface area contributed by atoms with E-state index >= 15 is 0 Å². The molecule has 30 heavy (non-hydrogen) atoms. The van der Waals surface area contributed by atoms with E-state index in [-0.39, 0.29) is 36.5 Å².